The van der Waals surface area contributed by atoms with Crippen LogP contribution in [0.15, 0.2) is 0 Å². The second kappa shape index (κ2) is 6.61. The first-order valence-electron chi connectivity index (χ1n) is 5.11. The molecule has 0 radical (unpaired) electrons. The number of unbranched alkanes of at least 4 members (excludes halogenated alkanes) is 1. The first kappa shape index (κ1) is 15.9. The topological polar surface area (TPSA) is 88.4 Å². The lowest BCUT2D eigenvalue weighted by Crippen LogP contribution is -2.40. The Morgan fingerprint density at radius 2 is 1.56 bits per heavy atom. The number of hydrogen-bond donors (Lipinski definition) is 0. The molecular formula is C11H10F3N3O. The van der Waals surface area contributed by atoms with Crippen molar-refractivity contribution in [3.8, 4) is 18.2 Å². The third-order valence-electron chi connectivity index (χ3n) is 2.46. The molecule has 96 valence electrons. The van der Waals surface area contributed by atoms with E-state index in [0.717, 1.165) is 0 Å². The fourth-order valence-electron chi connectivity index (χ4n) is 1.52. The summed E-state index contributed by atoms with van der Waals surface area (Å²) in [6, 6.07) is 4.74. The lowest BCUT2D eigenvalue weighted by molar-refractivity contribution is -0.179. The highest BCUT2D eigenvalue weighted by Gasteiger charge is 2.52. The summed E-state index contributed by atoms with van der Waals surface area (Å²) in [6.07, 6.45) is -6.29. The number of hydrogen-bond acceptors (Lipinski definition) is 4. The number of Topliss-reactive ketones (excluding diaryl/α,β-unsaturated/α-hetero) is 1. The molecule has 0 amide bonds. The number of alkyl halides is 3. The van der Waals surface area contributed by atoms with Crippen LogP contribution in [0.5, 0.6) is 0 Å². The van der Waals surface area contributed by atoms with Crippen molar-refractivity contribution in [3.63, 3.8) is 0 Å². The Kier molecular flexibility index (Phi) is 5.85. The molecular weight excluding hydrogens is 247 g/mol. The fourth-order valence-corrected chi connectivity index (χ4v) is 1.52. The number of halogens is 3. The van der Waals surface area contributed by atoms with Crippen molar-refractivity contribution in [1.29, 1.82) is 15.8 Å². The van der Waals surface area contributed by atoms with Crippen LogP contribution in [0, 0.1) is 39.4 Å². The molecule has 4 nitrogen and oxygen atoms in total. The van der Waals surface area contributed by atoms with E-state index in [2.05, 4.69) is 0 Å². The summed E-state index contributed by atoms with van der Waals surface area (Å²) >= 11 is 0. The van der Waals surface area contributed by atoms with Gasteiger partial charge in [-0.3, -0.25) is 4.79 Å². The van der Waals surface area contributed by atoms with Gasteiger partial charge >= 0.3 is 6.18 Å². The number of rotatable bonds is 6. The van der Waals surface area contributed by atoms with Crippen molar-refractivity contribution in [2.45, 2.75) is 38.3 Å². The van der Waals surface area contributed by atoms with Crippen LogP contribution in [0.4, 0.5) is 13.2 Å². The minimum absolute atomic E-state index is 0.0112. The third-order valence-corrected chi connectivity index (χ3v) is 2.46. The van der Waals surface area contributed by atoms with E-state index in [4.69, 9.17) is 15.8 Å². The van der Waals surface area contributed by atoms with Crippen LogP contribution in [-0.4, -0.2) is 12.0 Å². The molecule has 0 bridgehead atoms. The second-order valence-electron chi connectivity index (χ2n) is 3.69. The average molecular weight is 257 g/mol. The van der Waals surface area contributed by atoms with E-state index in [1.807, 2.05) is 0 Å². The van der Waals surface area contributed by atoms with E-state index in [0.29, 0.717) is 0 Å². The second-order valence-corrected chi connectivity index (χ2v) is 3.69. The molecule has 0 aromatic heterocycles. The Morgan fingerprint density at radius 3 is 1.94 bits per heavy atom. The smallest absolute Gasteiger partial charge is 0.288 e. The van der Waals surface area contributed by atoms with Gasteiger partial charge in [-0.1, -0.05) is 0 Å². The maximum Gasteiger partial charge on any atom is 0.451 e. The molecule has 0 aliphatic carbocycles. The minimum atomic E-state index is -5.11. The largest absolute Gasteiger partial charge is 0.451 e. The number of ketones is 1. The zero-order valence-electron chi connectivity index (χ0n) is 9.42. The lowest BCUT2D eigenvalue weighted by atomic mass is 9.76. The van der Waals surface area contributed by atoms with Gasteiger partial charge in [0.25, 0.3) is 5.78 Å². The van der Waals surface area contributed by atoms with Crippen LogP contribution < -0.4 is 0 Å². The van der Waals surface area contributed by atoms with E-state index < -0.39 is 23.8 Å². The van der Waals surface area contributed by atoms with Gasteiger partial charge in [-0.25, -0.2) is 0 Å². The molecule has 0 saturated carbocycles. The molecule has 0 aromatic rings. The molecule has 0 N–H and O–H groups in total. The molecule has 0 fully saturated rings. The minimum Gasteiger partial charge on any atom is -0.288 e. The summed E-state index contributed by atoms with van der Waals surface area (Å²) in [6.45, 7) is 0. The van der Waals surface area contributed by atoms with Crippen LogP contribution in [-0.2, 0) is 4.79 Å². The average Bonchev–Trinajstić information content (AvgIpc) is 2.32. The molecule has 0 spiro atoms. The van der Waals surface area contributed by atoms with Crippen molar-refractivity contribution in [3.05, 3.63) is 0 Å². The highest BCUT2D eigenvalue weighted by Crippen LogP contribution is 2.37. The molecule has 0 heterocycles. The van der Waals surface area contributed by atoms with Gasteiger partial charge < -0.3 is 0 Å². The first-order chi connectivity index (χ1) is 8.34. The van der Waals surface area contributed by atoms with Crippen molar-refractivity contribution >= 4 is 5.78 Å². The molecule has 0 saturated heterocycles. The lowest BCUT2D eigenvalue weighted by Gasteiger charge is -2.24. The highest BCUT2D eigenvalue weighted by molar-refractivity contribution is 5.92. The van der Waals surface area contributed by atoms with Gasteiger partial charge in [0.1, 0.15) is 5.41 Å². The normalized spacial score (nSPS) is 13.8. The van der Waals surface area contributed by atoms with Crippen molar-refractivity contribution < 1.29 is 18.0 Å². The van der Waals surface area contributed by atoms with Crippen molar-refractivity contribution in [1.82, 2.24) is 0 Å². The van der Waals surface area contributed by atoms with Gasteiger partial charge in [0.05, 0.1) is 18.2 Å². The first-order valence-corrected chi connectivity index (χ1v) is 5.11. The molecule has 1 atom stereocenters. The standard InChI is InChI=1S/C11H10F3N3O/c12-11(13,14)9(18)10(8-17,5-3-7-16)4-1-2-6-15/h1-5H2. The molecule has 1 unspecified atom stereocenters. The highest BCUT2D eigenvalue weighted by atomic mass is 19.4. The Labute approximate surface area is 102 Å². The van der Waals surface area contributed by atoms with Crippen LogP contribution in [0.3, 0.4) is 0 Å². The molecule has 0 rings (SSSR count). The van der Waals surface area contributed by atoms with Crippen molar-refractivity contribution in [2.24, 2.45) is 5.41 Å². The summed E-state index contributed by atoms with van der Waals surface area (Å²) < 4.78 is 37.3. The fraction of sp³-hybridized carbons (Fsp3) is 0.636. The zero-order valence-corrected chi connectivity index (χ0v) is 9.42. The van der Waals surface area contributed by atoms with Gasteiger partial charge in [-0.2, -0.15) is 29.0 Å². The number of carbonyl (C=O) groups excluding carboxylic acids is 1. The Hall–Kier alpha value is -2.07. The maximum absolute atomic E-state index is 12.4. The Balaban J connectivity index is 5.13. The third kappa shape index (κ3) is 4.07. The molecule has 0 aliphatic rings. The quantitative estimate of drug-likeness (QED) is 0.684. The predicted octanol–water partition coefficient (Wildman–Crippen LogP) is 2.63. The van der Waals surface area contributed by atoms with Crippen molar-refractivity contribution in [2.75, 3.05) is 0 Å². The van der Waals surface area contributed by atoms with E-state index in [1.54, 1.807) is 12.1 Å². The molecule has 18 heavy (non-hydrogen) atoms. The van der Waals surface area contributed by atoms with Crippen LogP contribution in [0.1, 0.15) is 32.1 Å². The number of nitrogens with zero attached hydrogens (tertiary/aromatic N) is 3. The van der Waals surface area contributed by atoms with Crippen LogP contribution >= 0.6 is 0 Å². The van der Waals surface area contributed by atoms with Crippen LogP contribution in [0.2, 0.25) is 0 Å². The number of nitriles is 3. The SMILES string of the molecule is N#CCCCC(C#N)(CCC#N)C(=O)C(F)(F)F. The van der Waals surface area contributed by atoms with Gasteiger partial charge in [-0.15, -0.1) is 0 Å². The summed E-state index contributed by atoms with van der Waals surface area (Å²) in [4.78, 5) is 11.3. The number of carbonyl (C=O) groups is 1. The summed E-state index contributed by atoms with van der Waals surface area (Å²) in [5.41, 5.74) is -2.25. The summed E-state index contributed by atoms with van der Waals surface area (Å²) in [5.74, 6) is -2.13. The zero-order chi connectivity index (χ0) is 14.2. The van der Waals surface area contributed by atoms with E-state index in [9.17, 15) is 18.0 Å². The van der Waals surface area contributed by atoms with E-state index in [-0.39, 0.29) is 25.7 Å². The van der Waals surface area contributed by atoms with Gasteiger partial charge in [0, 0.05) is 12.8 Å². The van der Waals surface area contributed by atoms with E-state index in [1.165, 1.54) is 6.07 Å². The maximum atomic E-state index is 12.4. The molecule has 7 heteroatoms. The monoisotopic (exact) mass is 257 g/mol. The Morgan fingerprint density at radius 1 is 1.00 bits per heavy atom. The summed E-state index contributed by atoms with van der Waals surface area (Å²) in [5, 5.41) is 25.6. The van der Waals surface area contributed by atoms with Gasteiger partial charge in [0.2, 0.25) is 0 Å². The van der Waals surface area contributed by atoms with Crippen LogP contribution in [0.25, 0.3) is 0 Å². The predicted molar refractivity (Wildman–Crippen MR) is 53.4 cm³/mol. The molecule has 0 aliphatic heterocycles. The van der Waals surface area contributed by atoms with E-state index >= 15 is 0 Å². The van der Waals surface area contributed by atoms with Gasteiger partial charge in [-0.05, 0) is 19.3 Å². The Bertz CT molecular complexity index is 425. The summed E-state index contributed by atoms with van der Waals surface area (Å²) in [7, 11) is 0. The van der Waals surface area contributed by atoms with Gasteiger partial charge in [0.15, 0.2) is 0 Å². The molecule has 0 aromatic carbocycles.